The highest BCUT2D eigenvalue weighted by Crippen LogP contribution is 2.22. The van der Waals surface area contributed by atoms with Gasteiger partial charge in [0.05, 0.1) is 6.61 Å². The Bertz CT molecular complexity index is 634. The summed E-state index contributed by atoms with van der Waals surface area (Å²) in [4.78, 5) is 0. The average Bonchev–Trinajstić information content (AvgIpc) is 2.82. The Hall–Kier alpha value is -0.840. The molecule has 1 aliphatic rings. The first kappa shape index (κ1) is 27.4. The third kappa shape index (κ3) is 11.3. The molecule has 0 bridgehead atoms. The number of hydrogen-bond donors (Lipinski definition) is 1. The van der Waals surface area contributed by atoms with E-state index in [9.17, 15) is 0 Å². The molecule has 1 aliphatic heterocycles. The van der Waals surface area contributed by atoms with Crippen LogP contribution in [0, 0.1) is 5.92 Å². The first-order valence-electron chi connectivity index (χ1n) is 13.3. The van der Waals surface area contributed by atoms with Crippen molar-refractivity contribution in [2.75, 3.05) is 26.3 Å². The SMILES string of the molecule is CCCCCCCC(CCCCCC)CCOCC(C[N+]1=Cc2ccccc2CC1)OS. The van der Waals surface area contributed by atoms with Crippen LogP contribution in [0.15, 0.2) is 24.3 Å². The van der Waals surface area contributed by atoms with Gasteiger partial charge in [0.15, 0.2) is 18.9 Å². The smallest absolute Gasteiger partial charge is 0.172 e. The second kappa shape index (κ2) is 17.6. The van der Waals surface area contributed by atoms with Crippen LogP contribution in [0.3, 0.4) is 0 Å². The number of benzene rings is 1. The number of rotatable bonds is 19. The van der Waals surface area contributed by atoms with Crippen LogP contribution in [0.5, 0.6) is 0 Å². The molecule has 0 aliphatic carbocycles. The van der Waals surface area contributed by atoms with Crippen molar-refractivity contribution in [2.24, 2.45) is 5.92 Å². The Morgan fingerprint density at radius 3 is 2.31 bits per heavy atom. The van der Waals surface area contributed by atoms with Gasteiger partial charge in [0.25, 0.3) is 0 Å². The van der Waals surface area contributed by atoms with Gasteiger partial charge in [-0.1, -0.05) is 103 Å². The number of hydrogen-bond acceptors (Lipinski definition) is 3. The summed E-state index contributed by atoms with van der Waals surface area (Å²) in [5, 5.41) is 0. The lowest BCUT2D eigenvalue weighted by Crippen LogP contribution is -2.33. The van der Waals surface area contributed by atoms with Gasteiger partial charge in [-0.3, -0.25) is 0 Å². The summed E-state index contributed by atoms with van der Waals surface area (Å²) in [6.07, 6.45) is 19.6. The van der Waals surface area contributed by atoms with Crippen LogP contribution >= 0.6 is 12.9 Å². The Morgan fingerprint density at radius 2 is 1.59 bits per heavy atom. The summed E-state index contributed by atoms with van der Waals surface area (Å²) in [7, 11) is 0. The molecule has 0 radical (unpaired) electrons. The minimum absolute atomic E-state index is 0.00288. The van der Waals surface area contributed by atoms with Crippen LogP contribution in [0.25, 0.3) is 0 Å². The lowest BCUT2D eigenvalue weighted by atomic mass is 9.92. The van der Waals surface area contributed by atoms with Gasteiger partial charge in [0, 0.05) is 18.6 Å². The van der Waals surface area contributed by atoms with Crippen molar-refractivity contribution in [1.29, 1.82) is 0 Å². The van der Waals surface area contributed by atoms with Crippen molar-refractivity contribution < 1.29 is 13.5 Å². The van der Waals surface area contributed by atoms with Gasteiger partial charge in [-0.05, 0) is 36.9 Å². The molecule has 0 saturated heterocycles. The standard InChI is InChI=1S/C28H47NO2S/c1-3-5-7-9-11-15-25(14-10-8-6-4-2)19-21-30-24-28(31-32)23-29-20-18-26-16-12-13-17-27(26)22-29/h12-13,16-17,22,25,28H,3-11,14-15,18-21,23-24H2,1-2H3/p+1. The summed E-state index contributed by atoms with van der Waals surface area (Å²) >= 11 is 4.13. The maximum absolute atomic E-state index is 6.09. The highest BCUT2D eigenvalue weighted by molar-refractivity contribution is 7.75. The molecule has 4 heteroatoms. The molecule has 1 aromatic carbocycles. The van der Waals surface area contributed by atoms with Crippen LogP contribution in [0.1, 0.15) is 102 Å². The predicted octanol–water partition coefficient (Wildman–Crippen LogP) is 7.26. The molecule has 3 nitrogen and oxygen atoms in total. The Kier molecular flexibility index (Phi) is 15.1. The number of unbranched alkanes of at least 4 members (excludes halogenated alkanes) is 7. The van der Waals surface area contributed by atoms with E-state index in [1.807, 2.05) is 0 Å². The summed E-state index contributed by atoms with van der Waals surface area (Å²) in [6, 6.07) is 8.65. The van der Waals surface area contributed by atoms with Crippen molar-refractivity contribution in [2.45, 2.75) is 103 Å². The zero-order valence-electron chi connectivity index (χ0n) is 20.8. The van der Waals surface area contributed by atoms with E-state index in [0.29, 0.717) is 6.61 Å². The molecule has 1 aromatic rings. The summed E-state index contributed by atoms with van der Waals surface area (Å²) in [6.45, 7) is 7.90. The van der Waals surface area contributed by atoms with Crippen LogP contribution in [-0.4, -0.2) is 43.2 Å². The van der Waals surface area contributed by atoms with Gasteiger partial charge >= 0.3 is 0 Å². The van der Waals surface area contributed by atoms with Gasteiger partial charge in [0.1, 0.15) is 6.54 Å². The van der Waals surface area contributed by atoms with Gasteiger partial charge in [-0.25, -0.2) is 4.58 Å². The van der Waals surface area contributed by atoms with Crippen LogP contribution in [-0.2, 0) is 15.3 Å². The van der Waals surface area contributed by atoms with Crippen molar-refractivity contribution in [3.8, 4) is 0 Å². The fourth-order valence-electron chi connectivity index (χ4n) is 4.73. The van der Waals surface area contributed by atoms with Crippen molar-refractivity contribution in [3.05, 3.63) is 35.4 Å². The first-order chi connectivity index (χ1) is 15.8. The zero-order chi connectivity index (χ0) is 22.9. The van der Waals surface area contributed by atoms with Crippen molar-refractivity contribution in [1.82, 2.24) is 0 Å². The van der Waals surface area contributed by atoms with E-state index in [1.54, 1.807) is 0 Å². The molecule has 2 atom stereocenters. The van der Waals surface area contributed by atoms with Crippen LogP contribution < -0.4 is 0 Å². The fraction of sp³-hybridized carbons (Fsp3) is 0.750. The number of ether oxygens (including phenoxy) is 1. The molecule has 0 saturated carbocycles. The monoisotopic (exact) mass is 462 g/mol. The lowest BCUT2D eigenvalue weighted by Gasteiger charge is -2.19. The molecule has 0 N–H and O–H groups in total. The Balaban J connectivity index is 1.69. The van der Waals surface area contributed by atoms with E-state index in [0.717, 1.165) is 32.0 Å². The second-order valence-electron chi connectivity index (χ2n) is 9.58. The second-order valence-corrected chi connectivity index (χ2v) is 9.79. The molecule has 2 rings (SSSR count). The third-order valence-electron chi connectivity index (χ3n) is 6.79. The molecular formula is C28H48NO2S+. The van der Waals surface area contributed by atoms with Crippen molar-refractivity contribution in [3.63, 3.8) is 0 Å². The van der Waals surface area contributed by atoms with Gasteiger partial charge in [-0.15, -0.1) is 0 Å². The largest absolute Gasteiger partial charge is 0.378 e. The maximum atomic E-state index is 6.09. The topological polar surface area (TPSA) is 21.5 Å². The molecule has 182 valence electrons. The van der Waals surface area contributed by atoms with E-state index in [-0.39, 0.29) is 6.10 Å². The molecule has 0 amide bonds. The first-order valence-corrected chi connectivity index (χ1v) is 13.7. The highest BCUT2D eigenvalue weighted by Gasteiger charge is 2.21. The van der Waals surface area contributed by atoms with E-state index in [1.165, 1.54) is 88.2 Å². The molecule has 0 spiro atoms. The van der Waals surface area contributed by atoms with Crippen LogP contribution in [0.4, 0.5) is 0 Å². The van der Waals surface area contributed by atoms with E-state index < -0.39 is 0 Å². The molecule has 32 heavy (non-hydrogen) atoms. The van der Waals surface area contributed by atoms with Gasteiger partial charge < -0.3 is 8.92 Å². The summed E-state index contributed by atoms with van der Waals surface area (Å²) in [5.41, 5.74) is 2.76. The Morgan fingerprint density at radius 1 is 0.906 bits per heavy atom. The van der Waals surface area contributed by atoms with Gasteiger partial charge in [-0.2, -0.15) is 0 Å². The lowest BCUT2D eigenvalue weighted by molar-refractivity contribution is -0.532. The van der Waals surface area contributed by atoms with Gasteiger partial charge in [0.2, 0.25) is 0 Å². The minimum atomic E-state index is -0.00288. The highest BCUT2D eigenvalue weighted by atomic mass is 32.1. The Labute approximate surface area is 203 Å². The van der Waals surface area contributed by atoms with E-state index >= 15 is 0 Å². The summed E-state index contributed by atoms with van der Waals surface area (Å²) < 4.78 is 13.9. The average molecular weight is 463 g/mol. The molecule has 1 heterocycles. The fourth-order valence-corrected chi connectivity index (χ4v) is 4.86. The normalized spacial score (nSPS) is 15.3. The predicted molar refractivity (Wildman–Crippen MR) is 140 cm³/mol. The maximum Gasteiger partial charge on any atom is 0.172 e. The number of thiol groups is 1. The van der Waals surface area contributed by atoms with Crippen LogP contribution in [0.2, 0.25) is 0 Å². The molecule has 2 unspecified atom stereocenters. The number of nitrogens with zero attached hydrogens (tertiary/aromatic N) is 1. The summed E-state index contributed by atoms with van der Waals surface area (Å²) in [5.74, 6) is 0.816. The van der Waals surface area contributed by atoms with E-state index in [4.69, 9.17) is 8.92 Å². The van der Waals surface area contributed by atoms with E-state index in [2.05, 4.69) is 61.8 Å². The van der Waals surface area contributed by atoms with Crippen molar-refractivity contribution >= 4 is 19.1 Å². The molecule has 0 aromatic heterocycles. The number of fused-ring (bicyclic) bond motifs is 1. The minimum Gasteiger partial charge on any atom is -0.378 e. The molecule has 0 fully saturated rings. The molecular weight excluding hydrogens is 414 g/mol. The quantitative estimate of drug-likeness (QED) is 0.101. The third-order valence-corrected chi connectivity index (χ3v) is 7.09. The zero-order valence-corrected chi connectivity index (χ0v) is 21.7.